The van der Waals surface area contributed by atoms with Gasteiger partial charge in [0.2, 0.25) is 0 Å². The second-order valence-corrected chi connectivity index (χ2v) is 3.72. The fourth-order valence-electron chi connectivity index (χ4n) is 1.61. The van der Waals surface area contributed by atoms with Crippen LogP contribution in [0.25, 0.3) is 0 Å². The van der Waals surface area contributed by atoms with Gasteiger partial charge in [0.25, 0.3) is 5.69 Å². The average Bonchev–Trinajstić information content (AvgIpc) is 2.46. The Morgan fingerprint density at radius 3 is 2.37 bits per heavy atom. The maximum absolute atomic E-state index is 10.9. The number of nitro benzene ring substituents is 1. The van der Waals surface area contributed by atoms with Gasteiger partial charge < -0.3 is 5.43 Å². The van der Waals surface area contributed by atoms with E-state index in [1.807, 2.05) is 30.3 Å². The predicted octanol–water partition coefficient (Wildman–Crippen LogP) is 2.14. The summed E-state index contributed by atoms with van der Waals surface area (Å²) in [6.45, 7) is 0. The number of nitro groups is 1. The highest BCUT2D eigenvalue weighted by molar-refractivity contribution is 6.00. The molecule has 2 aromatic carbocycles. The van der Waals surface area contributed by atoms with E-state index < -0.39 is 4.92 Å². The summed E-state index contributed by atoms with van der Waals surface area (Å²) in [5.41, 5.74) is 3.40. The highest BCUT2D eigenvalue weighted by Gasteiger charge is 2.12. The number of amidine groups is 1. The number of hydrogen-bond acceptors (Lipinski definition) is 4. The third-order valence-electron chi connectivity index (χ3n) is 2.49. The topological polar surface area (TPSA) is 93.5 Å². The molecule has 19 heavy (non-hydrogen) atoms. The Balaban J connectivity index is 2.47. The van der Waals surface area contributed by atoms with Crippen molar-refractivity contribution in [3.8, 4) is 0 Å². The highest BCUT2D eigenvalue weighted by Crippen LogP contribution is 2.26. The van der Waals surface area contributed by atoms with Gasteiger partial charge in [-0.2, -0.15) is 0 Å². The molecule has 0 aliphatic heterocycles. The van der Waals surface area contributed by atoms with Crippen molar-refractivity contribution < 1.29 is 4.92 Å². The molecule has 3 N–H and O–H groups in total. The van der Waals surface area contributed by atoms with E-state index in [0.29, 0.717) is 5.84 Å². The first-order valence-corrected chi connectivity index (χ1v) is 5.56. The Labute approximate surface area is 109 Å². The number of benzene rings is 2. The van der Waals surface area contributed by atoms with E-state index in [1.165, 1.54) is 6.07 Å². The monoisotopic (exact) mass is 256 g/mol. The molecule has 0 spiro atoms. The highest BCUT2D eigenvalue weighted by atomic mass is 16.6. The molecular weight excluding hydrogens is 244 g/mol. The van der Waals surface area contributed by atoms with Gasteiger partial charge >= 0.3 is 0 Å². The van der Waals surface area contributed by atoms with Crippen molar-refractivity contribution in [1.29, 1.82) is 0 Å². The van der Waals surface area contributed by atoms with Crippen molar-refractivity contribution in [1.82, 2.24) is 5.43 Å². The number of nitrogens with zero attached hydrogens (tertiary/aromatic N) is 2. The van der Waals surface area contributed by atoms with Crippen molar-refractivity contribution in [2.24, 2.45) is 10.8 Å². The zero-order valence-electron chi connectivity index (χ0n) is 9.98. The molecule has 0 saturated heterocycles. The molecule has 0 atom stereocenters. The van der Waals surface area contributed by atoms with Crippen LogP contribution in [0.5, 0.6) is 0 Å². The minimum absolute atomic E-state index is 0.0637. The normalized spacial score (nSPS) is 11.1. The van der Waals surface area contributed by atoms with E-state index in [2.05, 4.69) is 10.4 Å². The molecule has 0 unspecified atom stereocenters. The SMILES string of the molecule is NNC(=Nc1ccccc1[N+](=O)[O-])c1ccccc1. The molecule has 0 aromatic heterocycles. The Hall–Kier alpha value is -2.73. The molecule has 0 radical (unpaired) electrons. The van der Waals surface area contributed by atoms with Crippen LogP contribution in [-0.4, -0.2) is 10.8 Å². The van der Waals surface area contributed by atoms with Crippen molar-refractivity contribution in [2.75, 3.05) is 0 Å². The average molecular weight is 256 g/mol. The lowest BCUT2D eigenvalue weighted by Crippen LogP contribution is -2.30. The van der Waals surface area contributed by atoms with Crippen LogP contribution in [-0.2, 0) is 0 Å². The molecule has 0 heterocycles. The summed E-state index contributed by atoms with van der Waals surface area (Å²) in [4.78, 5) is 14.6. The van der Waals surface area contributed by atoms with E-state index in [1.54, 1.807) is 18.2 Å². The molecule has 0 aliphatic rings. The van der Waals surface area contributed by atoms with Crippen molar-refractivity contribution in [2.45, 2.75) is 0 Å². The van der Waals surface area contributed by atoms with Crippen LogP contribution in [0.4, 0.5) is 11.4 Å². The Morgan fingerprint density at radius 1 is 1.11 bits per heavy atom. The number of para-hydroxylation sites is 2. The van der Waals surface area contributed by atoms with E-state index in [4.69, 9.17) is 5.84 Å². The first-order chi connectivity index (χ1) is 9.22. The first-order valence-electron chi connectivity index (χ1n) is 5.56. The Morgan fingerprint density at radius 2 is 1.74 bits per heavy atom. The van der Waals surface area contributed by atoms with Crippen molar-refractivity contribution in [3.63, 3.8) is 0 Å². The minimum atomic E-state index is -0.474. The van der Waals surface area contributed by atoms with Crippen LogP contribution in [0.15, 0.2) is 59.6 Å². The molecule has 0 bridgehead atoms. The Bertz CT molecular complexity index is 611. The maximum atomic E-state index is 10.9. The van der Waals surface area contributed by atoms with Gasteiger partial charge in [0.05, 0.1) is 4.92 Å². The smallest absolute Gasteiger partial charge is 0.294 e. The van der Waals surface area contributed by atoms with Crippen LogP contribution in [0, 0.1) is 10.1 Å². The third kappa shape index (κ3) is 2.93. The van der Waals surface area contributed by atoms with E-state index in [9.17, 15) is 10.1 Å². The summed E-state index contributed by atoms with van der Waals surface area (Å²) in [5, 5.41) is 10.9. The van der Waals surface area contributed by atoms with Crippen molar-refractivity contribution >= 4 is 17.2 Å². The van der Waals surface area contributed by atoms with Gasteiger partial charge in [-0.15, -0.1) is 0 Å². The second kappa shape index (κ2) is 5.74. The third-order valence-corrected chi connectivity index (χ3v) is 2.49. The fourth-order valence-corrected chi connectivity index (χ4v) is 1.61. The number of aliphatic imine (C=N–C) groups is 1. The molecule has 2 rings (SSSR count). The van der Waals surface area contributed by atoms with Gasteiger partial charge in [-0.1, -0.05) is 42.5 Å². The molecule has 0 amide bonds. The molecule has 6 nitrogen and oxygen atoms in total. The van der Waals surface area contributed by atoms with Crippen LogP contribution < -0.4 is 11.3 Å². The lowest BCUT2D eigenvalue weighted by atomic mass is 10.2. The number of nitrogens with two attached hydrogens (primary N) is 1. The lowest BCUT2D eigenvalue weighted by Gasteiger charge is -2.05. The lowest BCUT2D eigenvalue weighted by molar-refractivity contribution is -0.384. The van der Waals surface area contributed by atoms with E-state index in [0.717, 1.165) is 5.56 Å². The molecular formula is C13H12N4O2. The standard InChI is InChI=1S/C13H12N4O2/c14-16-13(10-6-2-1-3-7-10)15-11-8-4-5-9-12(11)17(18)19/h1-9H,14H2,(H,15,16). The number of rotatable bonds is 3. The van der Waals surface area contributed by atoms with Crippen LogP contribution >= 0.6 is 0 Å². The molecule has 0 saturated carbocycles. The van der Waals surface area contributed by atoms with Gasteiger partial charge in [0.15, 0.2) is 0 Å². The van der Waals surface area contributed by atoms with Crippen LogP contribution in [0.3, 0.4) is 0 Å². The van der Waals surface area contributed by atoms with Gasteiger partial charge in [0.1, 0.15) is 11.5 Å². The van der Waals surface area contributed by atoms with Gasteiger partial charge in [-0.25, -0.2) is 10.8 Å². The van der Waals surface area contributed by atoms with Gasteiger partial charge in [-0.05, 0) is 6.07 Å². The van der Waals surface area contributed by atoms with Gasteiger partial charge in [0, 0.05) is 11.6 Å². The van der Waals surface area contributed by atoms with Crippen LogP contribution in [0.2, 0.25) is 0 Å². The molecule has 0 aliphatic carbocycles. The van der Waals surface area contributed by atoms with Gasteiger partial charge in [-0.3, -0.25) is 10.1 Å². The summed E-state index contributed by atoms with van der Waals surface area (Å²) in [5.74, 6) is 5.80. The van der Waals surface area contributed by atoms with E-state index >= 15 is 0 Å². The summed E-state index contributed by atoms with van der Waals surface area (Å²) in [7, 11) is 0. The summed E-state index contributed by atoms with van der Waals surface area (Å²) in [6.07, 6.45) is 0. The minimum Gasteiger partial charge on any atom is -0.308 e. The maximum Gasteiger partial charge on any atom is 0.294 e. The Kier molecular flexibility index (Phi) is 3.84. The summed E-state index contributed by atoms with van der Waals surface area (Å²) in [6, 6.07) is 15.4. The number of nitrogens with one attached hydrogen (secondary N) is 1. The molecule has 6 heteroatoms. The molecule has 0 fully saturated rings. The summed E-state index contributed by atoms with van der Waals surface area (Å²) >= 11 is 0. The van der Waals surface area contributed by atoms with Crippen LogP contribution in [0.1, 0.15) is 5.56 Å². The largest absolute Gasteiger partial charge is 0.308 e. The first kappa shape index (κ1) is 12.7. The van der Waals surface area contributed by atoms with E-state index in [-0.39, 0.29) is 11.4 Å². The molecule has 2 aromatic rings. The van der Waals surface area contributed by atoms with Crippen molar-refractivity contribution in [3.05, 3.63) is 70.3 Å². The molecule has 96 valence electrons. The number of hydrazine groups is 1. The fraction of sp³-hybridized carbons (Fsp3) is 0. The predicted molar refractivity (Wildman–Crippen MR) is 73.1 cm³/mol. The summed E-state index contributed by atoms with van der Waals surface area (Å²) < 4.78 is 0. The zero-order chi connectivity index (χ0) is 13.7. The number of hydrogen-bond donors (Lipinski definition) is 2. The second-order valence-electron chi connectivity index (χ2n) is 3.72. The quantitative estimate of drug-likeness (QED) is 0.289. The zero-order valence-corrected chi connectivity index (χ0v) is 9.98.